The van der Waals surface area contributed by atoms with Gasteiger partial charge in [0, 0.05) is 6.54 Å². The maximum Gasteiger partial charge on any atom is 0.278 e. The van der Waals surface area contributed by atoms with Crippen LogP contribution in [0.5, 0.6) is 11.6 Å². The number of rotatable bonds is 5. The number of anilines is 1. The van der Waals surface area contributed by atoms with E-state index in [0.29, 0.717) is 13.2 Å². The number of hydrogen-bond donors (Lipinski definition) is 3. The first kappa shape index (κ1) is 12.9. The fourth-order valence-corrected chi connectivity index (χ4v) is 1.61. The minimum absolute atomic E-state index is 0.0661. The lowest BCUT2D eigenvalue weighted by molar-refractivity contribution is 0.340. The molecule has 2 rings (SSSR count). The van der Waals surface area contributed by atoms with Gasteiger partial charge in [-0.1, -0.05) is 12.1 Å². The Bertz CT molecular complexity index is 593. The lowest BCUT2D eigenvalue weighted by Gasteiger charge is -2.07. The third-order valence-corrected chi connectivity index (χ3v) is 2.54. The van der Waals surface area contributed by atoms with Gasteiger partial charge in [-0.15, -0.1) is 0 Å². The van der Waals surface area contributed by atoms with E-state index in [9.17, 15) is 9.90 Å². The molecule has 0 atom stereocenters. The van der Waals surface area contributed by atoms with Gasteiger partial charge in [0.25, 0.3) is 5.56 Å². The van der Waals surface area contributed by atoms with Crippen LogP contribution in [0.1, 0.15) is 12.5 Å². The van der Waals surface area contributed by atoms with E-state index in [-0.39, 0.29) is 11.6 Å². The minimum atomic E-state index is -0.404. The molecule has 0 aliphatic carbocycles. The highest BCUT2D eigenvalue weighted by molar-refractivity contribution is 5.49. The van der Waals surface area contributed by atoms with Crippen LogP contribution in [0.25, 0.3) is 0 Å². The first-order chi connectivity index (χ1) is 9.20. The average molecular weight is 261 g/mol. The molecule has 0 bridgehead atoms. The van der Waals surface area contributed by atoms with Crippen molar-refractivity contribution in [3.05, 3.63) is 46.5 Å². The molecule has 0 spiro atoms. The number of nitrogens with one attached hydrogen (secondary N) is 2. The molecule has 0 unspecified atom stereocenters. The van der Waals surface area contributed by atoms with Crippen LogP contribution in [0.4, 0.5) is 5.69 Å². The molecule has 6 nitrogen and oxygen atoms in total. The fourth-order valence-electron chi connectivity index (χ4n) is 1.61. The van der Waals surface area contributed by atoms with Crippen LogP contribution in [-0.4, -0.2) is 21.7 Å². The Hall–Kier alpha value is -2.50. The molecule has 6 heteroatoms. The predicted molar refractivity (Wildman–Crippen MR) is 71.5 cm³/mol. The summed E-state index contributed by atoms with van der Waals surface area (Å²) < 4.78 is 5.34. The standard InChI is InChI=1S/C13H15N3O3/c1-2-19-10-5-3-9(4-6-10)7-14-11-12(17)15-8-16-13(11)18/h3-6,8,14H,2,7H2,1H3,(H2,15,16,17,18). The van der Waals surface area contributed by atoms with Crippen LogP contribution in [0.15, 0.2) is 35.4 Å². The number of H-pyrrole nitrogens is 1. The predicted octanol–water partition coefficient (Wildman–Crippen LogP) is 1.49. The lowest BCUT2D eigenvalue weighted by Crippen LogP contribution is -2.14. The molecular formula is C13H15N3O3. The van der Waals surface area contributed by atoms with Crippen LogP contribution in [0.3, 0.4) is 0 Å². The maximum atomic E-state index is 11.5. The molecule has 0 saturated heterocycles. The van der Waals surface area contributed by atoms with Crippen molar-refractivity contribution >= 4 is 5.69 Å². The monoisotopic (exact) mass is 261 g/mol. The van der Waals surface area contributed by atoms with E-state index in [1.807, 2.05) is 31.2 Å². The smallest absolute Gasteiger partial charge is 0.278 e. The van der Waals surface area contributed by atoms with Gasteiger partial charge in [-0.3, -0.25) is 4.79 Å². The van der Waals surface area contributed by atoms with Gasteiger partial charge in [-0.05, 0) is 24.6 Å². The molecule has 0 saturated carbocycles. The second-order valence-electron chi connectivity index (χ2n) is 3.86. The first-order valence-corrected chi connectivity index (χ1v) is 5.93. The largest absolute Gasteiger partial charge is 0.494 e. The summed E-state index contributed by atoms with van der Waals surface area (Å²) >= 11 is 0. The van der Waals surface area contributed by atoms with E-state index in [2.05, 4.69) is 15.3 Å². The number of nitrogens with zero attached hydrogens (tertiary/aromatic N) is 1. The van der Waals surface area contributed by atoms with Gasteiger partial charge in [0.1, 0.15) is 5.75 Å². The SMILES string of the molecule is CCOc1ccc(CNc2c(O)nc[nH]c2=O)cc1. The summed E-state index contributed by atoms with van der Waals surface area (Å²) in [7, 11) is 0. The Kier molecular flexibility index (Phi) is 4.02. The summed E-state index contributed by atoms with van der Waals surface area (Å²) in [6.07, 6.45) is 1.15. The summed E-state index contributed by atoms with van der Waals surface area (Å²) in [5.41, 5.74) is 0.626. The minimum Gasteiger partial charge on any atom is -0.494 e. The van der Waals surface area contributed by atoms with Crippen molar-refractivity contribution in [2.24, 2.45) is 0 Å². The molecule has 0 amide bonds. The van der Waals surface area contributed by atoms with Crippen LogP contribution < -0.4 is 15.6 Å². The quantitative estimate of drug-likeness (QED) is 0.759. The van der Waals surface area contributed by atoms with Gasteiger partial charge < -0.3 is 20.1 Å². The molecule has 3 N–H and O–H groups in total. The number of hydrogen-bond acceptors (Lipinski definition) is 5. The van der Waals surface area contributed by atoms with Gasteiger partial charge in [-0.25, -0.2) is 4.98 Å². The van der Waals surface area contributed by atoms with E-state index in [4.69, 9.17) is 4.74 Å². The summed E-state index contributed by atoms with van der Waals surface area (Å²) in [4.78, 5) is 17.5. The molecule has 1 aromatic carbocycles. The Morgan fingerprint density at radius 2 is 2.11 bits per heavy atom. The van der Waals surface area contributed by atoms with E-state index in [0.717, 1.165) is 17.6 Å². The van der Waals surface area contributed by atoms with Crippen molar-refractivity contribution in [3.63, 3.8) is 0 Å². The molecule has 1 aromatic heterocycles. The van der Waals surface area contributed by atoms with Crippen LogP contribution in [0.2, 0.25) is 0 Å². The van der Waals surface area contributed by atoms with Gasteiger partial charge in [-0.2, -0.15) is 0 Å². The molecule has 0 aliphatic rings. The lowest BCUT2D eigenvalue weighted by atomic mass is 10.2. The van der Waals surface area contributed by atoms with E-state index < -0.39 is 5.56 Å². The zero-order chi connectivity index (χ0) is 13.7. The van der Waals surface area contributed by atoms with Crippen molar-refractivity contribution in [2.75, 3.05) is 11.9 Å². The second-order valence-corrected chi connectivity index (χ2v) is 3.86. The Balaban J connectivity index is 2.04. The molecule has 0 fully saturated rings. The first-order valence-electron chi connectivity index (χ1n) is 5.93. The molecule has 100 valence electrons. The topological polar surface area (TPSA) is 87.2 Å². The van der Waals surface area contributed by atoms with Crippen LogP contribution in [-0.2, 0) is 6.54 Å². The van der Waals surface area contributed by atoms with E-state index in [1.165, 1.54) is 0 Å². The van der Waals surface area contributed by atoms with Crippen molar-refractivity contribution in [1.82, 2.24) is 9.97 Å². The van der Waals surface area contributed by atoms with Crippen molar-refractivity contribution in [1.29, 1.82) is 0 Å². The summed E-state index contributed by atoms with van der Waals surface area (Å²) in [5, 5.41) is 12.3. The molecule has 0 aliphatic heterocycles. The van der Waals surface area contributed by atoms with Crippen molar-refractivity contribution in [3.8, 4) is 11.6 Å². The Morgan fingerprint density at radius 1 is 1.37 bits per heavy atom. The van der Waals surface area contributed by atoms with Gasteiger partial charge in [0.15, 0.2) is 5.69 Å². The normalized spacial score (nSPS) is 10.2. The summed E-state index contributed by atoms with van der Waals surface area (Å²) in [6, 6.07) is 7.49. The molecule has 2 aromatic rings. The van der Waals surface area contributed by atoms with Crippen molar-refractivity contribution in [2.45, 2.75) is 13.5 Å². The maximum absolute atomic E-state index is 11.5. The van der Waals surface area contributed by atoms with Crippen LogP contribution >= 0.6 is 0 Å². The third kappa shape index (κ3) is 3.25. The number of aromatic amines is 1. The number of aromatic nitrogens is 2. The highest BCUT2D eigenvalue weighted by Gasteiger charge is 2.06. The number of benzene rings is 1. The van der Waals surface area contributed by atoms with Gasteiger partial charge >= 0.3 is 0 Å². The average Bonchev–Trinajstić information content (AvgIpc) is 2.40. The number of aromatic hydroxyl groups is 1. The van der Waals surface area contributed by atoms with E-state index >= 15 is 0 Å². The molecule has 19 heavy (non-hydrogen) atoms. The fraction of sp³-hybridized carbons (Fsp3) is 0.231. The zero-order valence-electron chi connectivity index (χ0n) is 10.5. The Morgan fingerprint density at radius 3 is 2.74 bits per heavy atom. The third-order valence-electron chi connectivity index (χ3n) is 2.54. The highest BCUT2D eigenvalue weighted by atomic mass is 16.5. The highest BCUT2D eigenvalue weighted by Crippen LogP contribution is 2.16. The van der Waals surface area contributed by atoms with Gasteiger partial charge in [0.05, 0.1) is 12.9 Å². The van der Waals surface area contributed by atoms with Crippen molar-refractivity contribution < 1.29 is 9.84 Å². The molecule has 0 radical (unpaired) electrons. The second kappa shape index (κ2) is 5.90. The summed E-state index contributed by atoms with van der Waals surface area (Å²) in [5.74, 6) is 0.489. The molecular weight excluding hydrogens is 246 g/mol. The number of ether oxygens (including phenoxy) is 1. The van der Waals surface area contributed by atoms with Crippen LogP contribution in [0, 0.1) is 0 Å². The summed E-state index contributed by atoms with van der Waals surface area (Å²) in [6.45, 7) is 2.96. The van der Waals surface area contributed by atoms with E-state index in [1.54, 1.807) is 0 Å². The molecule has 1 heterocycles. The van der Waals surface area contributed by atoms with Gasteiger partial charge in [0.2, 0.25) is 5.88 Å². The zero-order valence-corrected chi connectivity index (χ0v) is 10.5. The Labute approximate surface area is 110 Å².